The number of hydrogen-bond acceptors (Lipinski definition) is 5. The molecule has 0 unspecified atom stereocenters. The highest BCUT2D eigenvalue weighted by atomic mass is 19.3. The Morgan fingerprint density at radius 3 is 2.53 bits per heavy atom. The van der Waals surface area contributed by atoms with Crippen molar-refractivity contribution in [2.24, 2.45) is 5.84 Å². The summed E-state index contributed by atoms with van der Waals surface area (Å²) in [6.45, 7) is -2.88. The number of nitrogens with one attached hydrogen (secondary N) is 2. The number of halogens is 2. The van der Waals surface area contributed by atoms with E-state index in [4.69, 9.17) is 5.84 Å². The molecule has 0 aliphatic rings. The minimum Gasteiger partial charge on any atom is -0.433 e. The van der Waals surface area contributed by atoms with Gasteiger partial charge in [-0.3, -0.25) is 0 Å². The van der Waals surface area contributed by atoms with Crippen molar-refractivity contribution in [3.63, 3.8) is 0 Å². The Bertz CT molecular complexity index is 551. The molecule has 4 N–H and O–H groups in total. The van der Waals surface area contributed by atoms with E-state index in [-0.39, 0.29) is 5.75 Å². The fourth-order valence-corrected chi connectivity index (χ4v) is 1.49. The lowest BCUT2D eigenvalue weighted by molar-refractivity contribution is -0.0493. The van der Waals surface area contributed by atoms with Crippen molar-refractivity contribution < 1.29 is 13.5 Å². The minimum atomic E-state index is -2.88. The van der Waals surface area contributed by atoms with Crippen LogP contribution in [0.4, 0.5) is 26.1 Å². The molecule has 1 aromatic carbocycles. The molecule has 0 spiro atoms. The van der Waals surface area contributed by atoms with Gasteiger partial charge in [-0.25, -0.2) is 10.8 Å². The van der Waals surface area contributed by atoms with Gasteiger partial charge in [-0.15, -0.1) is 0 Å². The first-order valence-electron chi connectivity index (χ1n) is 5.43. The molecule has 0 amide bonds. The van der Waals surface area contributed by atoms with Gasteiger partial charge in [0.1, 0.15) is 17.4 Å². The number of hydrogen-bond donors (Lipinski definition) is 3. The van der Waals surface area contributed by atoms with Crippen LogP contribution < -0.4 is 21.3 Å². The van der Waals surface area contributed by atoms with Crippen molar-refractivity contribution in [2.75, 3.05) is 10.7 Å². The Balaban J connectivity index is 2.22. The molecule has 2 rings (SSSR count). The predicted octanol–water partition coefficient (Wildman–Crippen LogP) is 2.71. The highest BCUT2D eigenvalue weighted by molar-refractivity contribution is 5.64. The van der Waals surface area contributed by atoms with E-state index in [0.29, 0.717) is 17.3 Å². The Kier molecular flexibility index (Phi) is 4.09. The SMILES string of the molecule is NNc1cccc(Nc2ccccc2OC(F)F)n1. The summed E-state index contributed by atoms with van der Waals surface area (Å²) in [5.41, 5.74) is 2.79. The van der Waals surface area contributed by atoms with Gasteiger partial charge in [0.15, 0.2) is 0 Å². The summed E-state index contributed by atoms with van der Waals surface area (Å²) in [6, 6.07) is 11.4. The molecule has 100 valence electrons. The number of para-hydroxylation sites is 2. The number of anilines is 3. The molecule has 0 fully saturated rings. The zero-order valence-electron chi connectivity index (χ0n) is 9.81. The van der Waals surface area contributed by atoms with Crippen molar-refractivity contribution in [1.82, 2.24) is 4.98 Å². The van der Waals surface area contributed by atoms with Crippen LogP contribution >= 0.6 is 0 Å². The summed E-state index contributed by atoms with van der Waals surface area (Å²) in [7, 11) is 0. The standard InChI is InChI=1S/C12H12F2N4O/c13-12(14)19-9-5-2-1-4-8(9)16-10-6-3-7-11(17-10)18-15/h1-7,12H,15H2,(H2,16,17,18). The Morgan fingerprint density at radius 1 is 1.05 bits per heavy atom. The van der Waals surface area contributed by atoms with Crippen LogP contribution in [-0.2, 0) is 0 Å². The molecule has 19 heavy (non-hydrogen) atoms. The number of nitrogen functional groups attached to an aromatic ring is 1. The highest BCUT2D eigenvalue weighted by Crippen LogP contribution is 2.28. The van der Waals surface area contributed by atoms with Gasteiger partial charge in [-0.1, -0.05) is 18.2 Å². The Hall–Kier alpha value is -2.41. The lowest BCUT2D eigenvalue weighted by Crippen LogP contribution is -2.09. The molecule has 0 radical (unpaired) electrons. The highest BCUT2D eigenvalue weighted by Gasteiger charge is 2.09. The van der Waals surface area contributed by atoms with Crippen LogP contribution in [0.3, 0.4) is 0 Å². The Labute approximate surface area is 108 Å². The maximum absolute atomic E-state index is 12.3. The molecule has 0 aliphatic carbocycles. The second kappa shape index (κ2) is 5.96. The summed E-state index contributed by atoms with van der Waals surface area (Å²) in [5.74, 6) is 6.21. The second-order valence-corrected chi connectivity index (χ2v) is 3.55. The predicted molar refractivity (Wildman–Crippen MR) is 68.4 cm³/mol. The summed E-state index contributed by atoms with van der Waals surface area (Å²) in [5, 5.41) is 2.89. The van der Waals surface area contributed by atoms with E-state index in [1.165, 1.54) is 6.07 Å². The molecule has 1 aromatic heterocycles. The summed E-state index contributed by atoms with van der Waals surface area (Å²) >= 11 is 0. The van der Waals surface area contributed by atoms with Gasteiger partial charge in [0.25, 0.3) is 0 Å². The molecule has 0 bridgehead atoms. The zero-order valence-corrected chi connectivity index (χ0v) is 9.81. The van der Waals surface area contributed by atoms with Crippen LogP contribution in [0.1, 0.15) is 0 Å². The van der Waals surface area contributed by atoms with Crippen molar-refractivity contribution in [1.29, 1.82) is 0 Å². The number of ether oxygens (including phenoxy) is 1. The number of benzene rings is 1. The first-order valence-corrected chi connectivity index (χ1v) is 5.43. The van der Waals surface area contributed by atoms with E-state index >= 15 is 0 Å². The fraction of sp³-hybridized carbons (Fsp3) is 0.0833. The molecule has 0 aliphatic heterocycles. The normalized spacial score (nSPS) is 10.3. The van der Waals surface area contributed by atoms with Crippen LogP contribution in [0, 0.1) is 0 Å². The van der Waals surface area contributed by atoms with Crippen molar-refractivity contribution in [3.05, 3.63) is 42.5 Å². The number of hydrazine groups is 1. The van der Waals surface area contributed by atoms with Gasteiger partial charge in [-0.2, -0.15) is 8.78 Å². The number of nitrogens with two attached hydrogens (primary N) is 1. The van der Waals surface area contributed by atoms with E-state index < -0.39 is 6.61 Å². The molecular formula is C12H12F2N4O. The van der Waals surface area contributed by atoms with Gasteiger partial charge < -0.3 is 15.5 Å². The zero-order chi connectivity index (χ0) is 13.7. The lowest BCUT2D eigenvalue weighted by atomic mass is 10.3. The van der Waals surface area contributed by atoms with Crippen LogP contribution in [0.2, 0.25) is 0 Å². The molecule has 0 atom stereocenters. The Morgan fingerprint density at radius 2 is 1.79 bits per heavy atom. The average molecular weight is 266 g/mol. The van der Waals surface area contributed by atoms with Crippen molar-refractivity contribution in [2.45, 2.75) is 6.61 Å². The third-order valence-corrected chi connectivity index (χ3v) is 2.26. The van der Waals surface area contributed by atoms with Gasteiger partial charge in [0.05, 0.1) is 5.69 Å². The third kappa shape index (κ3) is 3.52. The molecule has 7 heteroatoms. The van der Waals surface area contributed by atoms with E-state index in [0.717, 1.165) is 0 Å². The van der Waals surface area contributed by atoms with Crippen molar-refractivity contribution in [3.8, 4) is 5.75 Å². The third-order valence-electron chi connectivity index (χ3n) is 2.26. The molecule has 1 heterocycles. The van der Waals surface area contributed by atoms with Gasteiger partial charge in [-0.05, 0) is 24.3 Å². The molecule has 0 saturated heterocycles. The average Bonchev–Trinajstić information content (AvgIpc) is 2.41. The summed E-state index contributed by atoms with van der Waals surface area (Å²) < 4.78 is 28.9. The molecule has 0 saturated carbocycles. The summed E-state index contributed by atoms with van der Waals surface area (Å²) in [6.07, 6.45) is 0. The number of aromatic nitrogens is 1. The van der Waals surface area contributed by atoms with Gasteiger partial charge in [0, 0.05) is 0 Å². The van der Waals surface area contributed by atoms with Crippen molar-refractivity contribution >= 4 is 17.3 Å². The van der Waals surface area contributed by atoms with Crippen LogP contribution in [0.25, 0.3) is 0 Å². The van der Waals surface area contributed by atoms with E-state index in [9.17, 15) is 8.78 Å². The quantitative estimate of drug-likeness (QED) is 0.573. The number of nitrogens with zero attached hydrogens (tertiary/aromatic N) is 1. The fourth-order valence-electron chi connectivity index (χ4n) is 1.49. The van der Waals surface area contributed by atoms with Crippen LogP contribution in [0.5, 0.6) is 5.75 Å². The van der Waals surface area contributed by atoms with E-state index in [1.54, 1.807) is 36.4 Å². The smallest absolute Gasteiger partial charge is 0.387 e. The maximum Gasteiger partial charge on any atom is 0.387 e. The van der Waals surface area contributed by atoms with Crippen LogP contribution in [0.15, 0.2) is 42.5 Å². The number of rotatable bonds is 5. The van der Waals surface area contributed by atoms with Gasteiger partial charge >= 0.3 is 6.61 Å². The first-order chi connectivity index (χ1) is 9.19. The van der Waals surface area contributed by atoms with E-state index in [1.807, 2.05) is 0 Å². The number of alkyl halides is 2. The number of pyridine rings is 1. The largest absolute Gasteiger partial charge is 0.433 e. The van der Waals surface area contributed by atoms with E-state index in [2.05, 4.69) is 20.5 Å². The van der Waals surface area contributed by atoms with Crippen LogP contribution in [-0.4, -0.2) is 11.6 Å². The topological polar surface area (TPSA) is 72.2 Å². The lowest BCUT2D eigenvalue weighted by Gasteiger charge is -2.12. The maximum atomic E-state index is 12.3. The minimum absolute atomic E-state index is 0.0467. The van der Waals surface area contributed by atoms with Gasteiger partial charge in [0.2, 0.25) is 0 Å². The summed E-state index contributed by atoms with van der Waals surface area (Å²) in [4.78, 5) is 4.12. The first kappa shape index (κ1) is 13.0. The molecule has 2 aromatic rings. The second-order valence-electron chi connectivity index (χ2n) is 3.55. The monoisotopic (exact) mass is 266 g/mol. The molecular weight excluding hydrogens is 254 g/mol. The molecule has 5 nitrogen and oxygen atoms in total.